The first-order valence-corrected chi connectivity index (χ1v) is 13.0. The minimum absolute atomic E-state index is 0.107. The number of aryl methyl sites for hydroxylation is 1. The minimum Gasteiger partial charge on any atom is -0.350 e. The summed E-state index contributed by atoms with van der Waals surface area (Å²) in [4.78, 5) is 33.3. The summed E-state index contributed by atoms with van der Waals surface area (Å²) >= 11 is 1.55. The van der Waals surface area contributed by atoms with Gasteiger partial charge in [0.25, 0.3) is 11.8 Å². The zero-order chi connectivity index (χ0) is 25.1. The number of hydrogen-bond acceptors (Lipinski definition) is 6. The Hall–Kier alpha value is -3.91. The fourth-order valence-electron chi connectivity index (χ4n) is 4.50. The lowest BCUT2D eigenvalue weighted by molar-refractivity contribution is 0.0692. The van der Waals surface area contributed by atoms with E-state index in [1.54, 1.807) is 22.7 Å². The van der Waals surface area contributed by atoms with Crippen LogP contribution in [-0.4, -0.2) is 39.7 Å². The predicted octanol–water partition coefficient (Wildman–Crippen LogP) is 4.90. The van der Waals surface area contributed by atoms with Gasteiger partial charge in [-0.2, -0.15) is 0 Å². The first kappa shape index (κ1) is 23.8. The maximum absolute atomic E-state index is 13.2. The molecule has 1 aliphatic heterocycles. The molecular formula is C28H26N4O3S. The summed E-state index contributed by atoms with van der Waals surface area (Å²) < 4.78 is 5.38. The van der Waals surface area contributed by atoms with Crippen LogP contribution >= 0.6 is 11.8 Å². The number of carbonyl (C=O) groups is 2. The van der Waals surface area contributed by atoms with Gasteiger partial charge in [-0.05, 0) is 48.4 Å². The molecule has 8 heteroatoms. The highest BCUT2D eigenvalue weighted by atomic mass is 32.2. The number of thioether (sulfide) groups is 1. The molecule has 2 aromatic heterocycles. The number of nitrogens with one attached hydrogen (secondary N) is 1. The molecule has 0 bridgehead atoms. The molecule has 0 radical (unpaired) electrons. The fraction of sp³-hybridized carbons (Fsp3) is 0.214. The lowest BCUT2D eigenvalue weighted by atomic mass is 9.94. The standard InChI is InChI=1S/C28H26N4O3S/c1-18-23(16-30-27(33)22-10-6-7-11-26(22)36-2)21-12-13-32(17-20(21)15-29-18)28(34)25-14-24(31-35-25)19-8-4-3-5-9-19/h3-11,14-15H,12-13,16-17H2,1-2H3,(H,30,33). The van der Waals surface area contributed by atoms with Crippen molar-refractivity contribution in [2.45, 2.75) is 31.3 Å². The van der Waals surface area contributed by atoms with Crippen LogP contribution < -0.4 is 5.32 Å². The van der Waals surface area contributed by atoms with Crippen LogP contribution in [-0.2, 0) is 19.5 Å². The van der Waals surface area contributed by atoms with E-state index in [2.05, 4.69) is 15.5 Å². The van der Waals surface area contributed by atoms with E-state index in [-0.39, 0.29) is 17.6 Å². The molecule has 36 heavy (non-hydrogen) atoms. The van der Waals surface area contributed by atoms with Crippen molar-refractivity contribution < 1.29 is 14.1 Å². The molecule has 182 valence electrons. The van der Waals surface area contributed by atoms with Crippen LogP contribution in [0.15, 0.2) is 76.3 Å². The van der Waals surface area contributed by atoms with E-state index in [0.29, 0.717) is 37.3 Å². The molecule has 7 nitrogen and oxygen atoms in total. The van der Waals surface area contributed by atoms with Gasteiger partial charge in [0.1, 0.15) is 5.69 Å². The van der Waals surface area contributed by atoms with Crippen molar-refractivity contribution in [3.8, 4) is 11.3 Å². The molecule has 0 fully saturated rings. The van der Waals surface area contributed by atoms with Crippen molar-refractivity contribution in [1.82, 2.24) is 20.4 Å². The average molecular weight is 499 g/mol. The van der Waals surface area contributed by atoms with Gasteiger partial charge in [0.2, 0.25) is 5.76 Å². The van der Waals surface area contributed by atoms with E-state index < -0.39 is 0 Å². The minimum atomic E-state index is -0.195. The van der Waals surface area contributed by atoms with Crippen molar-refractivity contribution in [2.75, 3.05) is 12.8 Å². The van der Waals surface area contributed by atoms with Crippen molar-refractivity contribution in [3.05, 3.63) is 101 Å². The Morgan fingerprint density at radius 3 is 2.69 bits per heavy atom. The summed E-state index contributed by atoms with van der Waals surface area (Å²) in [5, 5.41) is 7.14. The summed E-state index contributed by atoms with van der Waals surface area (Å²) in [6.45, 7) is 3.32. The van der Waals surface area contributed by atoms with Gasteiger partial charge in [0.05, 0.1) is 5.56 Å². The number of benzene rings is 2. The van der Waals surface area contributed by atoms with Gasteiger partial charge in [-0.1, -0.05) is 47.6 Å². The Morgan fingerprint density at radius 2 is 1.89 bits per heavy atom. The predicted molar refractivity (Wildman–Crippen MR) is 139 cm³/mol. The summed E-state index contributed by atoms with van der Waals surface area (Å²) in [7, 11) is 0. The second-order valence-corrected chi connectivity index (χ2v) is 9.48. The van der Waals surface area contributed by atoms with Gasteiger partial charge >= 0.3 is 0 Å². The quantitative estimate of drug-likeness (QED) is 0.381. The molecule has 5 rings (SSSR count). The van der Waals surface area contributed by atoms with Crippen molar-refractivity contribution in [1.29, 1.82) is 0 Å². The third kappa shape index (κ3) is 4.77. The van der Waals surface area contributed by atoms with Gasteiger partial charge in [-0.3, -0.25) is 14.6 Å². The van der Waals surface area contributed by atoms with Crippen LogP contribution in [0, 0.1) is 6.92 Å². The molecule has 2 aromatic carbocycles. The van der Waals surface area contributed by atoms with Crippen LogP contribution in [0.25, 0.3) is 11.3 Å². The number of pyridine rings is 1. The van der Waals surface area contributed by atoms with E-state index in [0.717, 1.165) is 32.8 Å². The van der Waals surface area contributed by atoms with E-state index in [9.17, 15) is 9.59 Å². The van der Waals surface area contributed by atoms with Gasteiger partial charge in [-0.25, -0.2) is 0 Å². The Bertz CT molecular complexity index is 1420. The summed E-state index contributed by atoms with van der Waals surface area (Å²) in [6.07, 6.45) is 4.47. The van der Waals surface area contributed by atoms with E-state index in [1.165, 1.54) is 0 Å². The number of carbonyl (C=O) groups excluding carboxylic acids is 2. The largest absolute Gasteiger partial charge is 0.350 e. The molecule has 3 heterocycles. The first-order chi connectivity index (χ1) is 17.5. The molecule has 0 atom stereocenters. The van der Waals surface area contributed by atoms with Gasteiger partial charge < -0.3 is 14.7 Å². The lowest BCUT2D eigenvalue weighted by Crippen LogP contribution is -2.37. The van der Waals surface area contributed by atoms with Crippen LogP contribution in [0.1, 0.15) is 43.3 Å². The smallest absolute Gasteiger partial charge is 0.292 e. The second-order valence-electron chi connectivity index (χ2n) is 8.63. The molecule has 2 amide bonds. The van der Waals surface area contributed by atoms with Gasteiger partial charge in [-0.15, -0.1) is 11.8 Å². The average Bonchev–Trinajstić information content (AvgIpc) is 3.42. The summed E-state index contributed by atoms with van der Waals surface area (Å²) in [5.74, 6) is -0.0825. The van der Waals surface area contributed by atoms with Crippen molar-refractivity contribution in [3.63, 3.8) is 0 Å². The Kier molecular flexibility index (Phi) is 6.86. The lowest BCUT2D eigenvalue weighted by Gasteiger charge is -2.29. The zero-order valence-electron chi connectivity index (χ0n) is 20.2. The second kappa shape index (κ2) is 10.4. The third-order valence-electron chi connectivity index (χ3n) is 6.45. The van der Waals surface area contributed by atoms with E-state index in [4.69, 9.17) is 4.52 Å². The zero-order valence-corrected chi connectivity index (χ0v) is 21.0. The molecule has 0 aliphatic carbocycles. The number of hydrogen-bond donors (Lipinski definition) is 1. The van der Waals surface area contributed by atoms with E-state index in [1.807, 2.05) is 74.0 Å². The molecule has 1 N–H and O–H groups in total. The number of rotatable bonds is 6. The summed E-state index contributed by atoms with van der Waals surface area (Å²) in [5.41, 5.74) is 6.23. The first-order valence-electron chi connectivity index (χ1n) is 11.7. The molecular weight excluding hydrogens is 472 g/mol. The maximum atomic E-state index is 13.2. The molecule has 0 spiro atoms. The van der Waals surface area contributed by atoms with Crippen molar-refractivity contribution in [2.24, 2.45) is 0 Å². The third-order valence-corrected chi connectivity index (χ3v) is 7.25. The Morgan fingerprint density at radius 1 is 1.11 bits per heavy atom. The molecule has 4 aromatic rings. The monoisotopic (exact) mass is 498 g/mol. The van der Waals surface area contributed by atoms with Crippen LogP contribution in [0.5, 0.6) is 0 Å². The molecule has 0 saturated heterocycles. The topological polar surface area (TPSA) is 88.3 Å². The number of nitrogens with zero attached hydrogens (tertiary/aromatic N) is 3. The van der Waals surface area contributed by atoms with Crippen LogP contribution in [0.3, 0.4) is 0 Å². The Labute approximate surface area is 213 Å². The highest BCUT2D eigenvalue weighted by Crippen LogP contribution is 2.27. The van der Waals surface area contributed by atoms with E-state index >= 15 is 0 Å². The highest BCUT2D eigenvalue weighted by molar-refractivity contribution is 7.98. The molecule has 1 aliphatic rings. The fourth-order valence-corrected chi connectivity index (χ4v) is 5.10. The highest BCUT2D eigenvalue weighted by Gasteiger charge is 2.27. The molecule has 0 saturated carbocycles. The number of aromatic nitrogens is 2. The van der Waals surface area contributed by atoms with Crippen LogP contribution in [0.2, 0.25) is 0 Å². The van der Waals surface area contributed by atoms with Crippen LogP contribution in [0.4, 0.5) is 0 Å². The summed E-state index contributed by atoms with van der Waals surface area (Å²) in [6, 6.07) is 18.9. The number of amides is 2. The van der Waals surface area contributed by atoms with Crippen molar-refractivity contribution >= 4 is 23.6 Å². The number of fused-ring (bicyclic) bond motifs is 1. The SMILES string of the molecule is CSc1ccccc1C(=O)NCc1c(C)ncc2c1CCN(C(=O)c1cc(-c3ccccc3)no1)C2. The van der Waals surface area contributed by atoms with Gasteiger partial charge in [0, 0.05) is 48.1 Å². The van der Waals surface area contributed by atoms with Gasteiger partial charge in [0.15, 0.2) is 0 Å². The maximum Gasteiger partial charge on any atom is 0.292 e. The molecule has 0 unspecified atom stereocenters. The normalized spacial score (nSPS) is 12.8. The Balaban J connectivity index is 1.30.